The number of hydrogen-bond donors (Lipinski definition) is 1. The van der Waals surface area contributed by atoms with Gasteiger partial charge in [0.2, 0.25) is 0 Å². The van der Waals surface area contributed by atoms with Crippen molar-refractivity contribution in [3.8, 4) is 0 Å². The maximum absolute atomic E-state index is 10.3. The van der Waals surface area contributed by atoms with Crippen LogP contribution in [0.5, 0.6) is 0 Å². The van der Waals surface area contributed by atoms with E-state index in [2.05, 4.69) is 4.74 Å². The predicted octanol–water partition coefficient (Wildman–Crippen LogP) is 0.946. The Kier molecular flexibility index (Phi) is 12.8. The van der Waals surface area contributed by atoms with Crippen LogP contribution >= 0.6 is 0 Å². The average molecular weight is 222 g/mol. The minimum absolute atomic E-state index is 0.132. The van der Waals surface area contributed by atoms with Crippen molar-refractivity contribution in [2.75, 3.05) is 20.8 Å². The maximum atomic E-state index is 10.3. The largest absolute Gasteiger partial charge is 0.460 e. The molecule has 0 amide bonds. The molecule has 5 heteroatoms. The van der Waals surface area contributed by atoms with Crippen LogP contribution in [0.3, 0.4) is 0 Å². The van der Waals surface area contributed by atoms with Crippen LogP contribution in [0, 0.1) is 0 Å². The molecule has 0 spiro atoms. The van der Waals surface area contributed by atoms with Gasteiger partial charge in [-0.3, -0.25) is 4.79 Å². The average Bonchev–Trinajstić information content (AvgIpc) is 2.16. The fourth-order valence-electron chi connectivity index (χ4n) is 0.719. The van der Waals surface area contributed by atoms with Crippen LogP contribution in [-0.2, 0) is 19.0 Å². The molecule has 0 aromatic rings. The second kappa shape index (κ2) is 11.4. The van der Waals surface area contributed by atoms with E-state index in [-0.39, 0.29) is 12.1 Å². The molecule has 2 atom stereocenters. The summed E-state index contributed by atoms with van der Waals surface area (Å²) < 4.78 is 13.9. The maximum Gasteiger partial charge on any atom is 0.302 e. The smallest absolute Gasteiger partial charge is 0.302 e. The van der Waals surface area contributed by atoms with Gasteiger partial charge in [-0.15, -0.1) is 0 Å². The number of esters is 1. The highest BCUT2D eigenvalue weighted by molar-refractivity contribution is 5.66. The Morgan fingerprint density at radius 3 is 2.13 bits per heavy atom. The molecule has 92 valence electrons. The van der Waals surface area contributed by atoms with Crippen molar-refractivity contribution in [1.29, 1.82) is 0 Å². The van der Waals surface area contributed by atoms with E-state index in [4.69, 9.17) is 14.6 Å². The van der Waals surface area contributed by atoms with Crippen molar-refractivity contribution in [2.45, 2.75) is 39.6 Å². The van der Waals surface area contributed by atoms with Gasteiger partial charge in [0.25, 0.3) is 0 Å². The Morgan fingerprint density at radius 2 is 1.93 bits per heavy atom. The molecule has 0 aromatic heterocycles. The second-order valence-corrected chi connectivity index (χ2v) is 2.97. The lowest BCUT2D eigenvalue weighted by molar-refractivity contribution is -0.147. The molecule has 5 nitrogen and oxygen atoms in total. The van der Waals surface area contributed by atoms with E-state index in [1.165, 1.54) is 14.0 Å². The Labute approximate surface area is 91.3 Å². The number of rotatable bonds is 5. The molecule has 0 aromatic carbocycles. The van der Waals surface area contributed by atoms with Gasteiger partial charge in [0.05, 0.1) is 6.61 Å². The molecule has 0 radical (unpaired) electrons. The van der Waals surface area contributed by atoms with E-state index < -0.39 is 6.29 Å². The van der Waals surface area contributed by atoms with Gasteiger partial charge in [-0.1, -0.05) is 6.92 Å². The lowest BCUT2D eigenvalue weighted by Gasteiger charge is -2.08. The molecule has 2 unspecified atom stereocenters. The molecule has 0 fully saturated rings. The van der Waals surface area contributed by atoms with Crippen LogP contribution in [-0.4, -0.2) is 44.3 Å². The standard InChI is InChI=1S/C6H12O3.C4H10O2/c1-5(4-8-3)9-6(2)7;1-3-4(5)6-2/h5H,4H2,1-3H3;4-5H,3H2,1-2H3. The van der Waals surface area contributed by atoms with Crippen molar-refractivity contribution < 1.29 is 24.1 Å². The van der Waals surface area contributed by atoms with Crippen molar-refractivity contribution in [1.82, 2.24) is 0 Å². The molecule has 0 aliphatic heterocycles. The lowest BCUT2D eigenvalue weighted by atomic mass is 10.4. The summed E-state index contributed by atoms with van der Waals surface area (Å²) in [6, 6.07) is 0. The Morgan fingerprint density at radius 1 is 1.40 bits per heavy atom. The minimum atomic E-state index is -0.565. The summed E-state index contributed by atoms with van der Waals surface area (Å²) >= 11 is 0. The molecule has 1 N–H and O–H groups in total. The topological polar surface area (TPSA) is 65.0 Å². The van der Waals surface area contributed by atoms with Gasteiger partial charge in [-0.05, 0) is 13.3 Å². The van der Waals surface area contributed by atoms with E-state index in [9.17, 15) is 4.79 Å². The van der Waals surface area contributed by atoms with Crippen LogP contribution in [0.25, 0.3) is 0 Å². The summed E-state index contributed by atoms with van der Waals surface area (Å²) in [5, 5.41) is 8.44. The normalized spacial score (nSPS) is 13.5. The summed E-state index contributed by atoms with van der Waals surface area (Å²) in [4.78, 5) is 10.3. The van der Waals surface area contributed by atoms with Gasteiger partial charge in [-0.2, -0.15) is 0 Å². The molecule has 0 aliphatic carbocycles. The van der Waals surface area contributed by atoms with Crippen LogP contribution < -0.4 is 0 Å². The Bertz CT molecular complexity index is 145. The van der Waals surface area contributed by atoms with E-state index in [1.807, 2.05) is 6.92 Å². The molecular weight excluding hydrogens is 200 g/mol. The van der Waals surface area contributed by atoms with Crippen LogP contribution in [0.2, 0.25) is 0 Å². The first-order valence-corrected chi connectivity index (χ1v) is 4.84. The highest BCUT2D eigenvalue weighted by atomic mass is 16.6. The van der Waals surface area contributed by atoms with E-state index in [0.717, 1.165) is 0 Å². The number of methoxy groups -OCH3 is 2. The summed E-state index contributed by atoms with van der Waals surface area (Å²) in [5.41, 5.74) is 0. The fourth-order valence-corrected chi connectivity index (χ4v) is 0.719. The van der Waals surface area contributed by atoms with Crippen LogP contribution in [0.15, 0.2) is 0 Å². The minimum Gasteiger partial charge on any atom is -0.460 e. The number of aliphatic hydroxyl groups is 1. The van der Waals surface area contributed by atoms with Gasteiger partial charge in [-0.25, -0.2) is 0 Å². The van der Waals surface area contributed by atoms with Crippen molar-refractivity contribution in [3.63, 3.8) is 0 Å². The molecular formula is C10H22O5. The SMILES string of the molecule is CCC(O)OC.COCC(C)OC(C)=O. The third kappa shape index (κ3) is 16.1. The fraction of sp³-hybridized carbons (Fsp3) is 0.900. The van der Waals surface area contributed by atoms with E-state index in [1.54, 1.807) is 14.0 Å². The van der Waals surface area contributed by atoms with E-state index >= 15 is 0 Å². The van der Waals surface area contributed by atoms with Gasteiger partial charge in [0.1, 0.15) is 6.10 Å². The summed E-state index contributed by atoms with van der Waals surface area (Å²) in [6.45, 7) is 5.48. The number of carbonyl (C=O) groups is 1. The van der Waals surface area contributed by atoms with Gasteiger partial charge < -0.3 is 19.3 Å². The second-order valence-electron chi connectivity index (χ2n) is 2.97. The first-order valence-electron chi connectivity index (χ1n) is 4.84. The summed E-state index contributed by atoms with van der Waals surface area (Å²) in [6.07, 6.45) is -0.0336. The van der Waals surface area contributed by atoms with Crippen LogP contribution in [0.4, 0.5) is 0 Å². The van der Waals surface area contributed by atoms with Gasteiger partial charge >= 0.3 is 5.97 Å². The monoisotopic (exact) mass is 222 g/mol. The molecule has 15 heavy (non-hydrogen) atoms. The first kappa shape index (κ1) is 16.8. The molecule has 0 bridgehead atoms. The molecule has 0 saturated carbocycles. The highest BCUT2D eigenvalue weighted by Crippen LogP contribution is 1.90. The summed E-state index contributed by atoms with van der Waals surface area (Å²) in [7, 11) is 3.05. The molecule has 0 heterocycles. The third-order valence-corrected chi connectivity index (χ3v) is 1.39. The Hall–Kier alpha value is -0.650. The first-order chi connectivity index (χ1) is 6.97. The number of hydrogen-bond acceptors (Lipinski definition) is 5. The van der Waals surface area contributed by atoms with Gasteiger partial charge in [0, 0.05) is 21.1 Å². The zero-order chi connectivity index (χ0) is 12.3. The zero-order valence-corrected chi connectivity index (χ0v) is 10.1. The van der Waals surface area contributed by atoms with Crippen molar-refractivity contribution in [2.24, 2.45) is 0 Å². The quantitative estimate of drug-likeness (QED) is 0.554. The lowest BCUT2D eigenvalue weighted by Crippen LogP contribution is -2.17. The van der Waals surface area contributed by atoms with Gasteiger partial charge in [0.15, 0.2) is 6.29 Å². The highest BCUT2D eigenvalue weighted by Gasteiger charge is 2.02. The zero-order valence-electron chi connectivity index (χ0n) is 10.1. The molecule has 0 rings (SSSR count). The molecule has 0 saturated heterocycles. The van der Waals surface area contributed by atoms with Crippen LogP contribution in [0.1, 0.15) is 27.2 Å². The number of ether oxygens (including phenoxy) is 3. The van der Waals surface area contributed by atoms with Crippen molar-refractivity contribution >= 4 is 5.97 Å². The van der Waals surface area contributed by atoms with Crippen molar-refractivity contribution in [3.05, 3.63) is 0 Å². The Balaban J connectivity index is 0. The summed E-state index contributed by atoms with van der Waals surface area (Å²) in [5.74, 6) is -0.264. The van der Waals surface area contributed by atoms with E-state index in [0.29, 0.717) is 13.0 Å². The molecule has 0 aliphatic rings. The number of carbonyl (C=O) groups excluding carboxylic acids is 1. The third-order valence-electron chi connectivity index (χ3n) is 1.39. The number of aliphatic hydroxyl groups excluding tert-OH is 1. The predicted molar refractivity (Wildman–Crippen MR) is 56.4 cm³/mol.